The number of hydrogen-bond acceptors (Lipinski definition) is 3. The summed E-state index contributed by atoms with van der Waals surface area (Å²) in [6, 6.07) is 5.78. The number of carboxylic acid groups (broad SMARTS) is 1. The number of aliphatic carboxylic acids is 1. The van der Waals surface area contributed by atoms with Crippen molar-refractivity contribution >= 4 is 27.6 Å². The van der Waals surface area contributed by atoms with Crippen molar-refractivity contribution in [2.75, 3.05) is 31.2 Å². The molecule has 2 rings (SSSR count). The normalized spacial score (nSPS) is 15.9. The highest BCUT2D eigenvalue weighted by Crippen LogP contribution is 2.25. The molecule has 1 heterocycles. The van der Waals surface area contributed by atoms with E-state index in [0.29, 0.717) is 13.2 Å². The van der Waals surface area contributed by atoms with Gasteiger partial charge in [0.25, 0.3) is 0 Å². The molecule has 1 aliphatic heterocycles. The Hall–Kier alpha value is -1.07. The number of morpholine rings is 1. The molecule has 1 N–H and O–H groups in total. The van der Waals surface area contributed by atoms with Crippen molar-refractivity contribution in [2.24, 2.45) is 0 Å². The number of anilines is 1. The first-order valence-electron chi connectivity index (χ1n) is 5.50. The maximum absolute atomic E-state index is 10.9. The molecule has 92 valence electrons. The van der Waals surface area contributed by atoms with Crippen LogP contribution in [-0.4, -0.2) is 37.4 Å². The number of carbonyl (C=O) groups is 1. The average Bonchev–Trinajstić information content (AvgIpc) is 2.29. The molecule has 17 heavy (non-hydrogen) atoms. The number of benzene rings is 1. The molecule has 0 aliphatic carbocycles. The van der Waals surface area contributed by atoms with Crippen molar-refractivity contribution in [2.45, 2.75) is 6.42 Å². The third kappa shape index (κ3) is 3.20. The third-order valence-electron chi connectivity index (χ3n) is 2.73. The Morgan fingerprint density at radius 3 is 2.76 bits per heavy atom. The predicted molar refractivity (Wildman–Crippen MR) is 68.5 cm³/mol. The second-order valence-corrected chi connectivity index (χ2v) is 4.86. The Morgan fingerprint density at radius 2 is 2.12 bits per heavy atom. The van der Waals surface area contributed by atoms with Gasteiger partial charge in [-0.2, -0.15) is 0 Å². The first kappa shape index (κ1) is 12.4. The highest BCUT2D eigenvalue weighted by Gasteiger charge is 2.16. The van der Waals surface area contributed by atoms with Gasteiger partial charge in [0.1, 0.15) is 0 Å². The van der Waals surface area contributed by atoms with Gasteiger partial charge in [0, 0.05) is 23.2 Å². The molecular formula is C12H14BrNO3. The summed E-state index contributed by atoms with van der Waals surface area (Å²) >= 11 is 3.37. The van der Waals surface area contributed by atoms with Gasteiger partial charge in [-0.05, 0) is 23.8 Å². The summed E-state index contributed by atoms with van der Waals surface area (Å²) in [5.41, 5.74) is 1.84. The third-order valence-corrected chi connectivity index (χ3v) is 3.23. The van der Waals surface area contributed by atoms with Gasteiger partial charge >= 0.3 is 5.97 Å². The average molecular weight is 300 g/mol. The van der Waals surface area contributed by atoms with Gasteiger partial charge in [-0.3, -0.25) is 4.79 Å². The summed E-state index contributed by atoms with van der Waals surface area (Å²) in [6.07, 6.45) is 0.0477. The molecule has 0 bridgehead atoms. The molecule has 1 aromatic rings. The predicted octanol–water partition coefficient (Wildman–Crippen LogP) is 1.91. The van der Waals surface area contributed by atoms with E-state index < -0.39 is 5.97 Å². The second-order valence-electron chi connectivity index (χ2n) is 3.94. The van der Waals surface area contributed by atoms with Crippen molar-refractivity contribution < 1.29 is 14.6 Å². The first-order chi connectivity index (χ1) is 8.16. The van der Waals surface area contributed by atoms with Crippen LogP contribution >= 0.6 is 15.9 Å². The molecule has 1 saturated heterocycles. The molecule has 0 atom stereocenters. The Balaban J connectivity index is 2.27. The Labute approximate surface area is 108 Å². The SMILES string of the molecule is O=C(O)Cc1cc(Br)ccc1N1CCOCC1. The molecule has 0 unspecified atom stereocenters. The van der Waals surface area contributed by atoms with Crippen LogP contribution in [0.5, 0.6) is 0 Å². The lowest BCUT2D eigenvalue weighted by Gasteiger charge is -2.30. The first-order valence-corrected chi connectivity index (χ1v) is 6.29. The summed E-state index contributed by atoms with van der Waals surface area (Å²) in [7, 11) is 0. The summed E-state index contributed by atoms with van der Waals surface area (Å²) in [4.78, 5) is 13.0. The smallest absolute Gasteiger partial charge is 0.307 e. The summed E-state index contributed by atoms with van der Waals surface area (Å²) in [5, 5.41) is 8.92. The quantitative estimate of drug-likeness (QED) is 0.926. The minimum Gasteiger partial charge on any atom is -0.481 e. The zero-order chi connectivity index (χ0) is 12.3. The topological polar surface area (TPSA) is 49.8 Å². The monoisotopic (exact) mass is 299 g/mol. The maximum Gasteiger partial charge on any atom is 0.307 e. The number of carboxylic acids is 1. The molecule has 1 fully saturated rings. The summed E-state index contributed by atoms with van der Waals surface area (Å²) in [6.45, 7) is 3.02. The number of nitrogens with zero attached hydrogens (tertiary/aromatic N) is 1. The van der Waals surface area contributed by atoms with E-state index >= 15 is 0 Å². The molecule has 4 nitrogen and oxygen atoms in total. The number of halogens is 1. The van der Waals surface area contributed by atoms with E-state index in [0.717, 1.165) is 28.8 Å². The Kier molecular flexibility index (Phi) is 4.02. The van der Waals surface area contributed by atoms with E-state index in [1.165, 1.54) is 0 Å². The van der Waals surface area contributed by atoms with Gasteiger partial charge in [-0.15, -0.1) is 0 Å². The van der Waals surface area contributed by atoms with Crippen LogP contribution < -0.4 is 4.90 Å². The molecule has 0 amide bonds. The Morgan fingerprint density at radius 1 is 1.41 bits per heavy atom. The highest BCUT2D eigenvalue weighted by atomic mass is 79.9. The highest BCUT2D eigenvalue weighted by molar-refractivity contribution is 9.10. The zero-order valence-corrected chi connectivity index (χ0v) is 10.9. The van der Waals surface area contributed by atoms with E-state index in [1.54, 1.807) is 0 Å². The largest absolute Gasteiger partial charge is 0.481 e. The number of hydrogen-bond donors (Lipinski definition) is 1. The Bertz CT molecular complexity index is 416. The summed E-state index contributed by atoms with van der Waals surface area (Å²) in [5.74, 6) is -0.808. The fourth-order valence-corrected chi connectivity index (χ4v) is 2.38. The van der Waals surface area contributed by atoms with Crippen molar-refractivity contribution in [1.82, 2.24) is 0 Å². The van der Waals surface area contributed by atoms with E-state index in [-0.39, 0.29) is 6.42 Å². The van der Waals surface area contributed by atoms with Crippen LogP contribution in [0, 0.1) is 0 Å². The van der Waals surface area contributed by atoms with E-state index in [4.69, 9.17) is 9.84 Å². The van der Waals surface area contributed by atoms with E-state index in [1.807, 2.05) is 18.2 Å². The van der Waals surface area contributed by atoms with E-state index in [9.17, 15) is 4.79 Å². The van der Waals surface area contributed by atoms with Gasteiger partial charge < -0.3 is 14.7 Å². The van der Waals surface area contributed by atoms with Crippen LogP contribution in [0.1, 0.15) is 5.56 Å². The fourth-order valence-electron chi connectivity index (χ4n) is 1.97. The van der Waals surface area contributed by atoms with Crippen LogP contribution in [0.2, 0.25) is 0 Å². The fraction of sp³-hybridized carbons (Fsp3) is 0.417. The molecule has 0 spiro atoms. The lowest BCUT2D eigenvalue weighted by atomic mass is 10.1. The summed E-state index contributed by atoms with van der Waals surface area (Å²) < 4.78 is 6.21. The van der Waals surface area contributed by atoms with Crippen LogP contribution in [0.25, 0.3) is 0 Å². The molecular weight excluding hydrogens is 286 g/mol. The van der Waals surface area contributed by atoms with Crippen LogP contribution in [0.3, 0.4) is 0 Å². The minimum atomic E-state index is -0.808. The van der Waals surface area contributed by atoms with Crippen molar-refractivity contribution in [1.29, 1.82) is 0 Å². The van der Waals surface area contributed by atoms with Crippen LogP contribution in [0.15, 0.2) is 22.7 Å². The molecule has 0 saturated carbocycles. The maximum atomic E-state index is 10.9. The van der Waals surface area contributed by atoms with Crippen molar-refractivity contribution in [3.05, 3.63) is 28.2 Å². The van der Waals surface area contributed by atoms with Crippen LogP contribution in [-0.2, 0) is 16.0 Å². The standard InChI is InChI=1S/C12H14BrNO3/c13-10-1-2-11(9(7-10)8-12(15)16)14-3-5-17-6-4-14/h1-2,7H,3-6,8H2,(H,15,16). The van der Waals surface area contributed by atoms with E-state index in [2.05, 4.69) is 20.8 Å². The molecule has 5 heteroatoms. The second kappa shape index (κ2) is 5.51. The van der Waals surface area contributed by atoms with Gasteiger partial charge in [-0.25, -0.2) is 0 Å². The molecule has 1 aromatic carbocycles. The zero-order valence-electron chi connectivity index (χ0n) is 9.36. The number of ether oxygens (including phenoxy) is 1. The van der Waals surface area contributed by atoms with Gasteiger partial charge in [0.15, 0.2) is 0 Å². The molecule has 0 aromatic heterocycles. The van der Waals surface area contributed by atoms with Gasteiger partial charge in [0.2, 0.25) is 0 Å². The minimum absolute atomic E-state index is 0.0477. The number of rotatable bonds is 3. The molecule has 0 radical (unpaired) electrons. The molecule has 1 aliphatic rings. The lowest BCUT2D eigenvalue weighted by molar-refractivity contribution is -0.136. The van der Waals surface area contributed by atoms with Gasteiger partial charge in [-0.1, -0.05) is 15.9 Å². The van der Waals surface area contributed by atoms with Gasteiger partial charge in [0.05, 0.1) is 19.6 Å². The van der Waals surface area contributed by atoms with Crippen molar-refractivity contribution in [3.8, 4) is 0 Å². The van der Waals surface area contributed by atoms with Crippen molar-refractivity contribution in [3.63, 3.8) is 0 Å². The lowest BCUT2D eigenvalue weighted by Crippen LogP contribution is -2.36. The van der Waals surface area contributed by atoms with Crippen LogP contribution in [0.4, 0.5) is 5.69 Å².